The molecule has 7 nitrogen and oxygen atoms in total. The van der Waals surface area contributed by atoms with E-state index in [4.69, 9.17) is 14.2 Å². The summed E-state index contributed by atoms with van der Waals surface area (Å²) in [5.41, 5.74) is 0.0663. The second kappa shape index (κ2) is 9.27. The van der Waals surface area contributed by atoms with Crippen LogP contribution in [-0.4, -0.2) is 45.9 Å². The predicted octanol–water partition coefficient (Wildman–Crippen LogP) is 4.30. The topological polar surface area (TPSA) is 79.6 Å². The number of methoxy groups -OCH3 is 3. The molecular formula is C24H23F3N4O3. The summed E-state index contributed by atoms with van der Waals surface area (Å²) < 4.78 is 56.3. The number of nitriles is 1. The van der Waals surface area contributed by atoms with Gasteiger partial charge in [-0.25, -0.2) is 4.98 Å². The highest BCUT2D eigenvalue weighted by Gasteiger charge is 2.35. The maximum Gasteiger partial charge on any atom is 0.419 e. The number of anilines is 1. The first kappa shape index (κ1) is 23.4. The molecule has 3 aromatic rings. The van der Waals surface area contributed by atoms with Crippen molar-refractivity contribution in [2.24, 2.45) is 0 Å². The highest BCUT2D eigenvalue weighted by atomic mass is 19.4. The highest BCUT2D eigenvalue weighted by Crippen LogP contribution is 2.40. The van der Waals surface area contributed by atoms with Gasteiger partial charge in [0.25, 0.3) is 0 Å². The molecule has 0 aliphatic carbocycles. The Balaban J connectivity index is 1.74. The zero-order valence-electron chi connectivity index (χ0n) is 18.9. The van der Waals surface area contributed by atoms with Crippen LogP contribution in [-0.2, 0) is 6.18 Å². The Hall–Kier alpha value is -3.71. The molecule has 10 heteroatoms. The van der Waals surface area contributed by atoms with Crippen LogP contribution in [0, 0.1) is 11.3 Å². The van der Waals surface area contributed by atoms with Gasteiger partial charge in [-0.1, -0.05) is 6.07 Å². The number of halogens is 3. The van der Waals surface area contributed by atoms with Gasteiger partial charge in [0, 0.05) is 42.6 Å². The van der Waals surface area contributed by atoms with Crippen LogP contribution in [0.2, 0.25) is 0 Å². The maximum absolute atomic E-state index is 13.5. The number of ether oxygens (including phenoxy) is 3. The molecule has 1 aliphatic rings. The zero-order valence-corrected chi connectivity index (χ0v) is 18.9. The van der Waals surface area contributed by atoms with Crippen molar-refractivity contribution in [3.05, 3.63) is 53.2 Å². The molecule has 1 fully saturated rings. The number of hydrogen-bond donors (Lipinski definition) is 1. The fourth-order valence-electron chi connectivity index (χ4n) is 4.22. The first-order chi connectivity index (χ1) is 16.3. The molecule has 0 radical (unpaired) electrons. The normalized spacial score (nSPS) is 16.3. The van der Waals surface area contributed by atoms with Crippen LogP contribution < -0.4 is 24.4 Å². The van der Waals surface area contributed by atoms with E-state index >= 15 is 0 Å². The van der Waals surface area contributed by atoms with Gasteiger partial charge in [0.15, 0.2) is 11.5 Å². The lowest BCUT2D eigenvalue weighted by molar-refractivity contribution is -0.138. The van der Waals surface area contributed by atoms with Crippen LogP contribution >= 0.6 is 0 Å². The number of rotatable bonds is 5. The van der Waals surface area contributed by atoms with Crippen molar-refractivity contribution in [2.45, 2.75) is 12.2 Å². The summed E-state index contributed by atoms with van der Waals surface area (Å²) in [4.78, 5) is 6.52. The molecule has 1 aromatic heterocycles. The molecule has 4 rings (SSSR count). The van der Waals surface area contributed by atoms with E-state index in [0.29, 0.717) is 58.9 Å². The minimum Gasteiger partial charge on any atom is -0.496 e. The summed E-state index contributed by atoms with van der Waals surface area (Å²) >= 11 is 0. The van der Waals surface area contributed by atoms with E-state index in [0.717, 1.165) is 6.07 Å². The molecule has 0 spiro atoms. The second-order valence-electron chi connectivity index (χ2n) is 7.77. The monoisotopic (exact) mass is 472 g/mol. The van der Waals surface area contributed by atoms with E-state index in [1.165, 1.54) is 33.6 Å². The summed E-state index contributed by atoms with van der Waals surface area (Å²) in [6.45, 7) is 1.50. The molecule has 1 aliphatic heterocycles. The third kappa shape index (κ3) is 4.26. The summed E-state index contributed by atoms with van der Waals surface area (Å²) in [6.07, 6.45) is -3.04. The molecule has 1 unspecified atom stereocenters. The van der Waals surface area contributed by atoms with Gasteiger partial charge in [0.05, 0.1) is 32.5 Å². The summed E-state index contributed by atoms with van der Waals surface area (Å²) in [7, 11) is 4.26. The van der Waals surface area contributed by atoms with E-state index in [1.54, 1.807) is 18.2 Å². The smallest absolute Gasteiger partial charge is 0.419 e. The first-order valence-electron chi connectivity index (χ1n) is 10.5. The van der Waals surface area contributed by atoms with Gasteiger partial charge in [-0.3, -0.25) is 0 Å². The van der Waals surface area contributed by atoms with Crippen molar-refractivity contribution in [1.29, 1.82) is 5.26 Å². The molecule has 1 saturated heterocycles. The predicted molar refractivity (Wildman–Crippen MR) is 121 cm³/mol. The van der Waals surface area contributed by atoms with Gasteiger partial charge < -0.3 is 24.4 Å². The second-order valence-corrected chi connectivity index (χ2v) is 7.77. The van der Waals surface area contributed by atoms with Gasteiger partial charge in [0.2, 0.25) is 0 Å². The lowest BCUT2D eigenvalue weighted by Crippen LogP contribution is -2.46. The fraction of sp³-hybridized carbons (Fsp3) is 0.333. The Labute approximate surface area is 194 Å². The number of alkyl halides is 3. The number of fused-ring (bicyclic) bond motifs is 1. The Morgan fingerprint density at radius 3 is 2.32 bits per heavy atom. The van der Waals surface area contributed by atoms with Crippen LogP contribution in [0.1, 0.15) is 22.7 Å². The number of pyridine rings is 1. The van der Waals surface area contributed by atoms with Crippen molar-refractivity contribution in [3.63, 3.8) is 0 Å². The van der Waals surface area contributed by atoms with Crippen molar-refractivity contribution in [2.75, 3.05) is 45.9 Å². The Morgan fingerprint density at radius 1 is 1.03 bits per heavy atom. The molecule has 2 heterocycles. The summed E-state index contributed by atoms with van der Waals surface area (Å²) in [6, 6.07) is 9.37. The van der Waals surface area contributed by atoms with Gasteiger partial charge in [-0.15, -0.1) is 0 Å². The van der Waals surface area contributed by atoms with Crippen LogP contribution in [0.5, 0.6) is 17.2 Å². The number of nitrogens with zero attached hydrogens (tertiary/aromatic N) is 3. The largest absolute Gasteiger partial charge is 0.496 e. The molecule has 0 amide bonds. The third-order valence-corrected chi connectivity index (χ3v) is 5.90. The van der Waals surface area contributed by atoms with Crippen molar-refractivity contribution in [3.8, 4) is 23.3 Å². The summed E-state index contributed by atoms with van der Waals surface area (Å²) in [5.74, 6) is 1.38. The Bertz CT molecular complexity index is 1260. The van der Waals surface area contributed by atoms with Crippen LogP contribution in [0.4, 0.5) is 19.0 Å². The molecule has 0 bridgehead atoms. The van der Waals surface area contributed by atoms with Crippen molar-refractivity contribution < 1.29 is 27.4 Å². The quantitative estimate of drug-likeness (QED) is 0.593. The standard InChI is InChI=1S/C24H23F3N4O3/c1-32-20-5-4-14(8-18(20)24(25,26)27)19-13-31(7-6-29-19)23-17-10-22(34-3)21(33-2)9-16(17)15(11-28)12-30-23/h4-5,8-10,12,19,29H,6-7,13H2,1-3H3. The van der Waals surface area contributed by atoms with E-state index in [-0.39, 0.29) is 11.8 Å². The minimum absolute atomic E-state index is 0.218. The van der Waals surface area contributed by atoms with E-state index in [1.807, 2.05) is 4.90 Å². The average molecular weight is 472 g/mol. The Kier molecular flexibility index (Phi) is 6.39. The van der Waals surface area contributed by atoms with Gasteiger partial charge in [-0.2, -0.15) is 18.4 Å². The van der Waals surface area contributed by atoms with Crippen molar-refractivity contribution in [1.82, 2.24) is 10.3 Å². The lowest BCUT2D eigenvalue weighted by atomic mass is 10.00. The van der Waals surface area contributed by atoms with Gasteiger partial charge in [0.1, 0.15) is 17.6 Å². The molecule has 1 atom stereocenters. The zero-order chi connectivity index (χ0) is 24.5. The molecule has 0 saturated carbocycles. The van der Waals surface area contributed by atoms with E-state index in [2.05, 4.69) is 16.4 Å². The number of hydrogen-bond acceptors (Lipinski definition) is 7. The minimum atomic E-state index is -4.53. The van der Waals surface area contributed by atoms with Crippen molar-refractivity contribution >= 4 is 16.6 Å². The average Bonchev–Trinajstić information content (AvgIpc) is 2.86. The molecule has 1 N–H and O–H groups in total. The maximum atomic E-state index is 13.5. The number of aromatic nitrogens is 1. The molecule has 178 valence electrons. The van der Waals surface area contributed by atoms with Gasteiger partial charge in [-0.05, 0) is 29.8 Å². The van der Waals surface area contributed by atoms with Crippen LogP contribution in [0.25, 0.3) is 10.8 Å². The third-order valence-electron chi connectivity index (χ3n) is 5.90. The number of piperazine rings is 1. The highest BCUT2D eigenvalue weighted by molar-refractivity contribution is 5.98. The number of benzene rings is 2. The fourth-order valence-corrected chi connectivity index (χ4v) is 4.22. The number of nitrogens with one attached hydrogen (secondary N) is 1. The van der Waals surface area contributed by atoms with Gasteiger partial charge >= 0.3 is 6.18 Å². The SMILES string of the molecule is COc1cc2c(C#N)cnc(N3CCNC(c4ccc(OC)c(C(F)(F)F)c4)C3)c2cc1OC. The molecular weight excluding hydrogens is 449 g/mol. The lowest BCUT2D eigenvalue weighted by Gasteiger charge is -2.35. The van der Waals surface area contributed by atoms with E-state index in [9.17, 15) is 18.4 Å². The first-order valence-corrected chi connectivity index (χ1v) is 10.5. The Morgan fingerprint density at radius 2 is 1.71 bits per heavy atom. The summed E-state index contributed by atoms with van der Waals surface area (Å²) in [5, 5.41) is 14.2. The van der Waals surface area contributed by atoms with E-state index < -0.39 is 11.7 Å². The van der Waals surface area contributed by atoms with Crippen LogP contribution in [0.15, 0.2) is 36.5 Å². The molecule has 2 aromatic carbocycles. The van der Waals surface area contributed by atoms with Crippen LogP contribution in [0.3, 0.4) is 0 Å². The molecule has 34 heavy (non-hydrogen) atoms.